The number of aromatic nitrogens is 1. The van der Waals surface area contributed by atoms with Crippen LogP contribution in [-0.2, 0) is 9.53 Å². The van der Waals surface area contributed by atoms with E-state index in [0.29, 0.717) is 32.4 Å². The number of anilines is 1. The van der Waals surface area contributed by atoms with Gasteiger partial charge in [0.25, 0.3) is 11.9 Å². The van der Waals surface area contributed by atoms with Crippen LogP contribution in [0.4, 0.5) is 23.2 Å². The summed E-state index contributed by atoms with van der Waals surface area (Å²) in [6, 6.07) is 0. The largest absolute Gasteiger partial charge is 0.385 e. The number of ether oxygens (including phenoxy) is 1. The van der Waals surface area contributed by atoms with E-state index in [0.717, 1.165) is 0 Å². The number of pyridine rings is 1. The molecule has 2 heterocycles. The number of piperidine rings is 1. The quantitative estimate of drug-likeness (QED) is 0.485. The van der Waals surface area contributed by atoms with Gasteiger partial charge in [-0.25, -0.2) is 0 Å². The van der Waals surface area contributed by atoms with Crippen LogP contribution in [-0.4, -0.2) is 44.2 Å². The van der Waals surface area contributed by atoms with Crippen LogP contribution in [0.5, 0.6) is 0 Å². The van der Waals surface area contributed by atoms with Gasteiger partial charge in [0.15, 0.2) is 0 Å². The number of methoxy groups -OCH3 is 1. The predicted molar refractivity (Wildman–Crippen MR) is 78.5 cm³/mol. The first kappa shape index (κ1) is 18.4. The molecule has 1 aromatic heterocycles. The summed E-state index contributed by atoms with van der Waals surface area (Å²) in [5.74, 6) is -6.83. The molecule has 0 aliphatic carbocycles. The first-order valence-corrected chi connectivity index (χ1v) is 7.67. The minimum atomic E-state index is -1.68. The van der Waals surface area contributed by atoms with Crippen molar-refractivity contribution >= 4 is 11.6 Å². The molecule has 0 spiro atoms. The van der Waals surface area contributed by atoms with Crippen LogP contribution in [0.15, 0.2) is 0 Å². The SMILES string of the molecule is COCCCNC(=O)C1CCN(c2c(F)c(F)nc(F)c2F)CC1. The highest BCUT2D eigenvalue weighted by molar-refractivity contribution is 5.79. The summed E-state index contributed by atoms with van der Waals surface area (Å²) in [4.78, 5) is 15.7. The maximum atomic E-state index is 13.7. The van der Waals surface area contributed by atoms with Crippen molar-refractivity contribution in [2.45, 2.75) is 19.3 Å². The predicted octanol–water partition coefficient (Wildman–Crippen LogP) is 2.01. The number of rotatable bonds is 6. The van der Waals surface area contributed by atoms with E-state index in [1.165, 1.54) is 4.90 Å². The number of halogens is 4. The molecule has 0 radical (unpaired) electrons. The molecular formula is C15H19F4N3O2. The molecule has 0 aromatic carbocycles. The van der Waals surface area contributed by atoms with Gasteiger partial charge in [0.2, 0.25) is 17.5 Å². The summed E-state index contributed by atoms with van der Waals surface area (Å²) >= 11 is 0. The van der Waals surface area contributed by atoms with Gasteiger partial charge in [-0.2, -0.15) is 22.5 Å². The van der Waals surface area contributed by atoms with Crippen molar-refractivity contribution in [2.75, 3.05) is 38.3 Å². The number of amides is 1. The fourth-order valence-corrected chi connectivity index (χ4v) is 2.69. The number of carbonyl (C=O) groups is 1. The fraction of sp³-hybridized carbons (Fsp3) is 0.600. The van der Waals surface area contributed by atoms with Gasteiger partial charge in [-0.3, -0.25) is 4.79 Å². The van der Waals surface area contributed by atoms with Crippen molar-refractivity contribution in [2.24, 2.45) is 5.92 Å². The van der Waals surface area contributed by atoms with E-state index in [4.69, 9.17) is 4.74 Å². The molecule has 1 fully saturated rings. The molecule has 2 rings (SSSR count). The second kappa shape index (κ2) is 8.27. The van der Waals surface area contributed by atoms with Crippen molar-refractivity contribution in [3.8, 4) is 0 Å². The molecule has 0 saturated carbocycles. The first-order chi connectivity index (χ1) is 11.5. The number of carbonyl (C=O) groups excluding carboxylic acids is 1. The van der Waals surface area contributed by atoms with Crippen molar-refractivity contribution in [1.29, 1.82) is 0 Å². The van der Waals surface area contributed by atoms with E-state index >= 15 is 0 Å². The minimum Gasteiger partial charge on any atom is -0.385 e. The van der Waals surface area contributed by atoms with Crippen molar-refractivity contribution in [3.63, 3.8) is 0 Å². The van der Waals surface area contributed by atoms with Crippen LogP contribution in [0.3, 0.4) is 0 Å². The zero-order valence-electron chi connectivity index (χ0n) is 13.2. The lowest BCUT2D eigenvalue weighted by Gasteiger charge is -2.33. The van der Waals surface area contributed by atoms with E-state index in [9.17, 15) is 22.4 Å². The molecule has 1 saturated heterocycles. The summed E-state index contributed by atoms with van der Waals surface area (Å²) in [6.07, 6.45) is 1.36. The molecule has 1 aromatic rings. The summed E-state index contributed by atoms with van der Waals surface area (Å²) in [5.41, 5.74) is -0.765. The van der Waals surface area contributed by atoms with Crippen LogP contribution >= 0.6 is 0 Å². The molecule has 0 atom stereocenters. The minimum absolute atomic E-state index is 0.118. The molecule has 134 valence electrons. The zero-order chi connectivity index (χ0) is 17.7. The van der Waals surface area contributed by atoms with Gasteiger partial charge in [-0.1, -0.05) is 0 Å². The van der Waals surface area contributed by atoms with Crippen molar-refractivity contribution in [1.82, 2.24) is 10.3 Å². The Bertz CT molecular complexity index is 566. The van der Waals surface area contributed by atoms with Gasteiger partial charge in [-0.15, -0.1) is 0 Å². The van der Waals surface area contributed by atoms with E-state index in [1.54, 1.807) is 7.11 Å². The van der Waals surface area contributed by atoms with Gasteiger partial charge >= 0.3 is 0 Å². The normalized spacial score (nSPS) is 15.6. The topological polar surface area (TPSA) is 54.5 Å². The molecule has 1 amide bonds. The third-order valence-corrected chi connectivity index (χ3v) is 3.98. The molecule has 0 unspecified atom stereocenters. The van der Waals surface area contributed by atoms with Crippen molar-refractivity contribution in [3.05, 3.63) is 23.5 Å². The third kappa shape index (κ3) is 4.14. The Kier molecular flexibility index (Phi) is 6.36. The number of nitrogens with one attached hydrogen (secondary N) is 1. The highest BCUT2D eigenvalue weighted by Gasteiger charge is 2.30. The summed E-state index contributed by atoms with van der Waals surface area (Å²) in [7, 11) is 1.57. The fourth-order valence-electron chi connectivity index (χ4n) is 2.69. The Hall–Kier alpha value is -1.90. The van der Waals surface area contributed by atoms with Crippen molar-refractivity contribution < 1.29 is 27.1 Å². The molecule has 0 bridgehead atoms. The standard InChI is InChI=1S/C15H19F4N3O2/c1-24-8-2-5-20-15(23)9-3-6-22(7-4-9)12-10(16)13(18)21-14(19)11(12)17/h9H,2-8H2,1H3,(H,20,23). The Morgan fingerprint density at radius 2 is 1.79 bits per heavy atom. The molecule has 1 aliphatic rings. The van der Waals surface area contributed by atoms with Gasteiger partial charge in [-0.05, 0) is 19.3 Å². The van der Waals surface area contributed by atoms with E-state index in [1.807, 2.05) is 0 Å². The maximum Gasteiger partial charge on any atom is 0.253 e. The smallest absolute Gasteiger partial charge is 0.253 e. The molecule has 1 N–H and O–H groups in total. The molecule has 9 heteroatoms. The third-order valence-electron chi connectivity index (χ3n) is 3.98. The van der Waals surface area contributed by atoms with E-state index in [2.05, 4.69) is 10.3 Å². The summed E-state index contributed by atoms with van der Waals surface area (Å²) in [6.45, 7) is 1.26. The van der Waals surface area contributed by atoms with E-state index < -0.39 is 29.2 Å². The van der Waals surface area contributed by atoms with Gasteiger partial charge in [0.1, 0.15) is 5.69 Å². The molecule has 1 aliphatic heterocycles. The molecule has 24 heavy (non-hydrogen) atoms. The lowest BCUT2D eigenvalue weighted by Crippen LogP contribution is -2.41. The summed E-state index contributed by atoms with van der Waals surface area (Å²) < 4.78 is 58.7. The molecule has 5 nitrogen and oxygen atoms in total. The van der Waals surface area contributed by atoms with Gasteiger partial charge in [0.05, 0.1) is 0 Å². The van der Waals surface area contributed by atoms with E-state index in [-0.39, 0.29) is 24.9 Å². The number of nitrogens with zero attached hydrogens (tertiary/aromatic N) is 2. The second-order valence-electron chi connectivity index (χ2n) is 5.57. The lowest BCUT2D eigenvalue weighted by atomic mass is 9.95. The van der Waals surface area contributed by atoms with Crippen LogP contribution in [0, 0.1) is 29.4 Å². The monoisotopic (exact) mass is 349 g/mol. The van der Waals surface area contributed by atoms with Crippen LogP contribution in [0.2, 0.25) is 0 Å². The maximum absolute atomic E-state index is 13.7. The Labute approximate surface area is 137 Å². The first-order valence-electron chi connectivity index (χ1n) is 7.67. The Morgan fingerprint density at radius 1 is 1.21 bits per heavy atom. The Balaban J connectivity index is 1.95. The van der Waals surface area contributed by atoms with Gasteiger partial charge < -0.3 is 15.0 Å². The number of hydrogen-bond donors (Lipinski definition) is 1. The zero-order valence-corrected chi connectivity index (χ0v) is 13.2. The number of hydrogen-bond acceptors (Lipinski definition) is 4. The average molecular weight is 349 g/mol. The highest BCUT2D eigenvalue weighted by Crippen LogP contribution is 2.30. The second-order valence-corrected chi connectivity index (χ2v) is 5.57. The van der Waals surface area contributed by atoms with Crippen LogP contribution in [0.1, 0.15) is 19.3 Å². The van der Waals surface area contributed by atoms with Crippen LogP contribution in [0.25, 0.3) is 0 Å². The summed E-state index contributed by atoms with van der Waals surface area (Å²) in [5, 5.41) is 2.77. The average Bonchev–Trinajstić information content (AvgIpc) is 2.57. The molecular weight excluding hydrogens is 330 g/mol. The van der Waals surface area contributed by atoms with Gasteiger partial charge in [0, 0.05) is 39.3 Å². The van der Waals surface area contributed by atoms with Crippen LogP contribution < -0.4 is 10.2 Å². The Morgan fingerprint density at radius 3 is 2.33 bits per heavy atom. The lowest BCUT2D eigenvalue weighted by molar-refractivity contribution is -0.125. The highest BCUT2D eigenvalue weighted by atomic mass is 19.2.